The molecule has 0 unspecified atom stereocenters. The molecule has 0 bridgehead atoms. The highest BCUT2D eigenvalue weighted by molar-refractivity contribution is 8.00. The van der Waals surface area contributed by atoms with E-state index in [-0.39, 0.29) is 5.91 Å². The molecule has 1 amide bonds. The fourth-order valence-electron chi connectivity index (χ4n) is 2.11. The predicted octanol–water partition coefficient (Wildman–Crippen LogP) is 4.91. The van der Waals surface area contributed by atoms with E-state index in [2.05, 4.69) is 4.98 Å². The molecule has 0 atom stereocenters. The van der Waals surface area contributed by atoms with E-state index in [4.69, 9.17) is 0 Å². The number of amides is 1. The second-order valence-electron chi connectivity index (χ2n) is 4.94. The van der Waals surface area contributed by atoms with Crippen molar-refractivity contribution in [2.75, 3.05) is 10.7 Å². The summed E-state index contributed by atoms with van der Waals surface area (Å²) in [6.07, 6.45) is 0. The lowest BCUT2D eigenvalue weighted by Crippen LogP contribution is -2.27. The van der Waals surface area contributed by atoms with Crippen molar-refractivity contribution in [3.8, 4) is 0 Å². The van der Waals surface area contributed by atoms with Crippen LogP contribution in [0.3, 0.4) is 0 Å². The molecule has 1 aromatic heterocycles. The summed E-state index contributed by atoms with van der Waals surface area (Å²) in [5.74, 6) is 0.400. The summed E-state index contributed by atoms with van der Waals surface area (Å²) < 4.78 is 0. The van der Waals surface area contributed by atoms with Gasteiger partial charge in [0.2, 0.25) is 5.91 Å². The SMILES string of the molecule is Cc1csc(N(C(=O)CSc2ccccc2)c2ccccc2)n1. The molecule has 5 heteroatoms. The number of para-hydroxylation sites is 1. The molecule has 0 aliphatic heterocycles. The van der Waals surface area contributed by atoms with E-state index < -0.39 is 0 Å². The van der Waals surface area contributed by atoms with Crippen LogP contribution in [-0.2, 0) is 4.79 Å². The molecule has 2 aromatic carbocycles. The second-order valence-corrected chi connectivity index (χ2v) is 6.82. The molecule has 0 fully saturated rings. The highest BCUT2D eigenvalue weighted by atomic mass is 32.2. The van der Waals surface area contributed by atoms with E-state index >= 15 is 0 Å². The molecule has 3 rings (SSSR count). The van der Waals surface area contributed by atoms with Gasteiger partial charge < -0.3 is 0 Å². The van der Waals surface area contributed by atoms with Crippen LogP contribution >= 0.6 is 23.1 Å². The number of aryl methyl sites for hydroxylation is 1. The number of carbonyl (C=O) groups is 1. The van der Waals surface area contributed by atoms with Gasteiger partial charge in [-0.3, -0.25) is 9.69 Å². The number of hydrogen-bond acceptors (Lipinski definition) is 4. The summed E-state index contributed by atoms with van der Waals surface area (Å²) in [6, 6.07) is 19.6. The van der Waals surface area contributed by atoms with E-state index in [1.807, 2.05) is 73.0 Å². The molecule has 3 aromatic rings. The molecule has 0 saturated carbocycles. The number of benzene rings is 2. The fraction of sp³-hybridized carbons (Fsp3) is 0.111. The zero-order chi connectivity index (χ0) is 16.1. The van der Waals surface area contributed by atoms with E-state index in [9.17, 15) is 4.79 Å². The third-order valence-electron chi connectivity index (χ3n) is 3.17. The Morgan fingerprint density at radius 2 is 1.74 bits per heavy atom. The van der Waals surface area contributed by atoms with E-state index in [1.165, 1.54) is 23.1 Å². The normalized spacial score (nSPS) is 10.5. The number of hydrogen-bond donors (Lipinski definition) is 0. The number of carbonyl (C=O) groups excluding carboxylic acids is 1. The van der Waals surface area contributed by atoms with Gasteiger partial charge in [-0.2, -0.15) is 0 Å². The largest absolute Gasteiger partial charge is 0.273 e. The zero-order valence-corrected chi connectivity index (χ0v) is 14.3. The Kier molecular flexibility index (Phi) is 5.10. The van der Waals surface area contributed by atoms with Crippen molar-refractivity contribution in [3.05, 3.63) is 71.7 Å². The number of thiazole rings is 1. The van der Waals surface area contributed by atoms with Gasteiger partial charge in [0.05, 0.1) is 17.1 Å². The quantitative estimate of drug-likeness (QED) is 0.619. The first-order chi connectivity index (χ1) is 11.2. The Hall–Kier alpha value is -2.11. The summed E-state index contributed by atoms with van der Waals surface area (Å²) in [4.78, 5) is 20.1. The van der Waals surface area contributed by atoms with Crippen molar-refractivity contribution in [1.29, 1.82) is 0 Å². The van der Waals surface area contributed by atoms with Gasteiger partial charge in [0, 0.05) is 10.3 Å². The first-order valence-electron chi connectivity index (χ1n) is 7.22. The van der Waals surface area contributed by atoms with Gasteiger partial charge in [0.1, 0.15) is 0 Å². The summed E-state index contributed by atoms with van der Waals surface area (Å²) in [6.45, 7) is 1.94. The lowest BCUT2D eigenvalue weighted by atomic mass is 10.3. The van der Waals surface area contributed by atoms with Gasteiger partial charge in [-0.1, -0.05) is 36.4 Å². The van der Waals surface area contributed by atoms with Crippen LogP contribution in [0.5, 0.6) is 0 Å². The number of anilines is 2. The van der Waals surface area contributed by atoms with E-state index in [0.717, 1.165) is 16.3 Å². The van der Waals surface area contributed by atoms with Gasteiger partial charge in [-0.05, 0) is 31.2 Å². The zero-order valence-electron chi connectivity index (χ0n) is 12.7. The van der Waals surface area contributed by atoms with Crippen LogP contribution in [0.4, 0.5) is 10.8 Å². The van der Waals surface area contributed by atoms with Crippen LogP contribution in [0.1, 0.15) is 5.69 Å². The number of aromatic nitrogens is 1. The molecule has 0 N–H and O–H groups in total. The van der Waals surface area contributed by atoms with E-state index in [1.54, 1.807) is 4.90 Å². The van der Waals surface area contributed by atoms with Crippen LogP contribution < -0.4 is 4.90 Å². The van der Waals surface area contributed by atoms with Crippen molar-refractivity contribution in [1.82, 2.24) is 4.98 Å². The molecule has 116 valence electrons. The van der Waals surface area contributed by atoms with Crippen LogP contribution in [-0.4, -0.2) is 16.6 Å². The third-order valence-corrected chi connectivity index (χ3v) is 5.11. The Morgan fingerprint density at radius 3 is 2.35 bits per heavy atom. The van der Waals surface area contributed by atoms with Crippen molar-refractivity contribution >= 4 is 39.8 Å². The maximum atomic E-state index is 12.8. The molecule has 0 radical (unpaired) electrons. The lowest BCUT2D eigenvalue weighted by Gasteiger charge is -2.19. The molecule has 0 spiro atoms. The van der Waals surface area contributed by atoms with Crippen molar-refractivity contribution in [2.45, 2.75) is 11.8 Å². The second kappa shape index (κ2) is 7.44. The average molecular weight is 340 g/mol. The number of thioether (sulfide) groups is 1. The summed E-state index contributed by atoms with van der Waals surface area (Å²) in [7, 11) is 0. The molecule has 0 aliphatic carbocycles. The smallest absolute Gasteiger partial charge is 0.243 e. The van der Waals surface area contributed by atoms with Crippen molar-refractivity contribution in [2.24, 2.45) is 0 Å². The van der Waals surface area contributed by atoms with Crippen LogP contribution in [0.15, 0.2) is 70.9 Å². The molecule has 0 aliphatic rings. The average Bonchev–Trinajstić information content (AvgIpc) is 3.01. The fourth-order valence-corrected chi connectivity index (χ4v) is 3.72. The van der Waals surface area contributed by atoms with Crippen LogP contribution in [0, 0.1) is 6.92 Å². The molecule has 23 heavy (non-hydrogen) atoms. The lowest BCUT2D eigenvalue weighted by molar-refractivity contribution is -0.115. The Bertz CT molecular complexity index is 772. The first-order valence-corrected chi connectivity index (χ1v) is 9.08. The minimum atomic E-state index is 0.0272. The van der Waals surface area contributed by atoms with Crippen LogP contribution in [0.25, 0.3) is 0 Å². The van der Waals surface area contributed by atoms with Crippen LogP contribution in [0.2, 0.25) is 0 Å². The molecular formula is C18H16N2OS2. The van der Waals surface area contributed by atoms with Crippen molar-refractivity contribution in [3.63, 3.8) is 0 Å². The molecule has 1 heterocycles. The number of nitrogens with zero attached hydrogens (tertiary/aromatic N) is 2. The Labute approximate surface area is 144 Å². The van der Waals surface area contributed by atoms with Gasteiger partial charge in [0.25, 0.3) is 0 Å². The highest BCUT2D eigenvalue weighted by Gasteiger charge is 2.20. The summed E-state index contributed by atoms with van der Waals surface area (Å²) in [5, 5.41) is 2.68. The Balaban J connectivity index is 1.82. The third kappa shape index (κ3) is 4.00. The van der Waals surface area contributed by atoms with Gasteiger partial charge >= 0.3 is 0 Å². The standard InChI is InChI=1S/C18H16N2OS2/c1-14-12-23-18(19-14)20(15-8-4-2-5-9-15)17(21)13-22-16-10-6-3-7-11-16/h2-12H,13H2,1H3. The minimum Gasteiger partial charge on any atom is -0.273 e. The minimum absolute atomic E-state index is 0.0272. The summed E-state index contributed by atoms with van der Waals surface area (Å²) >= 11 is 3.03. The van der Waals surface area contributed by atoms with Gasteiger partial charge in [0.15, 0.2) is 5.13 Å². The maximum absolute atomic E-state index is 12.8. The Morgan fingerprint density at radius 1 is 1.09 bits per heavy atom. The monoisotopic (exact) mass is 340 g/mol. The number of rotatable bonds is 5. The molecule has 3 nitrogen and oxygen atoms in total. The molecule has 0 saturated heterocycles. The summed E-state index contributed by atoms with van der Waals surface area (Å²) in [5.41, 5.74) is 1.77. The molecular weight excluding hydrogens is 324 g/mol. The first kappa shape index (κ1) is 15.8. The van der Waals surface area contributed by atoms with Gasteiger partial charge in [-0.15, -0.1) is 23.1 Å². The predicted molar refractivity (Wildman–Crippen MR) is 97.6 cm³/mol. The van der Waals surface area contributed by atoms with Crippen molar-refractivity contribution < 1.29 is 4.79 Å². The highest BCUT2D eigenvalue weighted by Crippen LogP contribution is 2.30. The maximum Gasteiger partial charge on any atom is 0.243 e. The van der Waals surface area contributed by atoms with Gasteiger partial charge in [-0.25, -0.2) is 4.98 Å². The topological polar surface area (TPSA) is 33.2 Å². The van der Waals surface area contributed by atoms with E-state index in [0.29, 0.717) is 10.9 Å².